The number of benzene rings is 1. The van der Waals surface area contributed by atoms with E-state index < -0.39 is 0 Å². The molecule has 26 heavy (non-hydrogen) atoms. The van der Waals surface area contributed by atoms with E-state index in [9.17, 15) is 9.59 Å². The highest BCUT2D eigenvalue weighted by atomic mass is 32.2. The summed E-state index contributed by atoms with van der Waals surface area (Å²) < 4.78 is 1.16. The van der Waals surface area contributed by atoms with Gasteiger partial charge in [0.2, 0.25) is 0 Å². The van der Waals surface area contributed by atoms with Gasteiger partial charge in [-0.3, -0.25) is 15.0 Å². The zero-order valence-corrected chi connectivity index (χ0v) is 15.8. The molecule has 0 radical (unpaired) electrons. The minimum Gasteiger partial charge on any atom is -0.357 e. The van der Waals surface area contributed by atoms with Gasteiger partial charge < -0.3 is 4.90 Å². The molecule has 2 heterocycles. The molecule has 0 atom stereocenters. The van der Waals surface area contributed by atoms with E-state index in [1.54, 1.807) is 24.3 Å². The van der Waals surface area contributed by atoms with E-state index >= 15 is 0 Å². The Morgan fingerprint density at radius 2 is 1.73 bits per heavy atom. The molecule has 0 saturated heterocycles. The molecular formula is C17H22N6O2S. The molecule has 0 spiro atoms. The molecule has 138 valence electrons. The van der Waals surface area contributed by atoms with Crippen molar-refractivity contribution >= 4 is 28.8 Å². The normalized spacial score (nSPS) is 16.3. The average molecular weight is 374 g/mol. The van der Waals surface area contributed by atoms with Crippen molar-refractivity contribution in [1.82, 2.24) is 25.3 Å². The molecule has 0 aliphatic carbocycles. The van der Waals surface area contributed by atoms with Crippen LogP contribution in [0.2, 0.25) is 0 Å². The monoisotopic (exact) mass is 374 g/mol. The Bertz CT molecular complexity index is 739. The van der Waals surface area contributed by atoms with Crippen molar-refractivity contribution in [3.05, 3.63) is 47.3 Å². The number of hydrazone groups is 1. The molecule has 2 aliphatic heterocycles. The maximum Gasteiger partial charge on any atom is 0.272 e. The number of amides is 2. The van der Waals surface area contributed by atoms with E-state index in [4.69, 9.17) is 0 Å². The van der Waals surface area contributed by atoms with Crippen LogP contribution in [-0.4, -0.2) is 50.9 Å². The number of imide groups is 1. The number of hydrogen-bond acceptors (Lipinski definition) is 8. The second kappa shape index (κ2) is 7.79. The summed E-state index contributed by atoms with van der Waals surface area (Å²) in [5.74, 6) is 0.222. The Hall–Kier alpha value is -2.52. The second-order valence-electron chi connectivity index (χ2n) is 5.62. The van der Waals surface area contributed by atoms with E-state index in [2.05, 4.69) is 34.7 Å². The van der Waals surface area contributed by atoms with Crippen LogP contribution in [0.1, 0.15) is 41.5 Å². The summed E-state index contributed by atoms with van der Waals surface area (Å²) in [5, 5.41) is 6.46. The summed E-state index contributed by atoms with van der Waals surface area (Å²) in [6.07, 6.45) is 1.84. The number of carbonyl (C=O) groups is 2. The van der Waals surface area contributed by atoms with Crippen LogP contribution in [0.5, 0.6) is 0 Å². The zero-order chi connectivity index (χ0) is 18.7. The van der Waals surface area contributed by atoms with Crippen LogP contribution >= 0.6 is 11.9 Å². The van der Waals surface area contributed by atoms with E-state index in [1.807, 2.05) is 13.0 Å². The number of fused-ring (bicyclic) bond motifs is 1. The number of nitrogens with zero attached hydrogens (tertiary/aromatic N) is 4. The zero-order valence-electron chi connectivity index (χ0n) is 15.0. The Labute approximate surface area is 157 Å². The van der Waals surface area contributed by atoms with E-state index in [-0.39, 0.29) is 11.8 Å². The smallest absolute Gasteiger partial charge is 0.272 e. The summed E-state index contributed by atoms with van der Waals surface area (Å²) in [4.78, 5) is 27.3. The van der Waals surface area contributed by atoms with Crippen molar-refractivity contribution in [2.24, 2.45) is 5.10 Å². The molecule has 2 N–H and O–H groups in total. The summed E-state index contributed by atoms with van der Waals surface area (Å²) in [7, 11) is 0. The highest BCUT2D eigenvalue weighted by Crippen LogP contribution is 2.30. The first-order valence-corrected chi connectivity index (χ1v) is 9.37. The largest absolute Gasteiger partial charge is 0.357 e. The van der Waals surface area contributed by atoms with Gasteiger partial charge >= 0.3 is 0 Å². The molecule has 0 fully saturated rings. The molecule has 2 aliphatic rings. The molecule has 9 heteroatoms. The van der Waals surface area contributed by atoms with E-state index in [0.717, 1.165) is 35.2 Å². The van der Waals surface area contributed by atoms with Gasteiger partial charge in [0.05, 0.1) is 11.1 Å². The van der Waals surface area contributed by atoms with Crippen molar-refractivity contribution < 1.29 is 9.59 Å². The number of nitrogens with one attached hydrogen (secondary N) is 2. The maximum atomic E-state index is 12.6. The standard InChI is InChI=1S/C17H22N6O2S/c1-4-18-23-19-14(21(5-2)6-3)11-15(20-23)26-22-16(24)12-9-7-8-10-13(12)17(22)25/h7-11,18-19H,4-6H2,1-3H3. The third-order valence-corrected chi connectivity index (χ3v) is 4.93. The lowest BCUT2D eigenvalue weighted by Gasteiger charge is -2.33. The third kappa shape index (κ3) is 3.40. The van der Waals surface area contributed by atoms with Gasteiger partial charge in [-0.15, -0.1) is 10.3 Å². The van der Waals surface area contributed by atoms with Gasteiger partial charge in [-0.2, -0.15) is 5.43 Å². The first-order chi connectivity index (χ1) is 12.6. The van der Waals surface area contributed by atoms with Gasteiger partial charge in [0, 0.05) is 37.7 Å². The fraction of sp³-hybridized carbons (Fsp3) is 0.353. The van der Waals surface area contributed by atoms with Crippen molar-refractivity contribution in [3.8, 4) is 0 Å². The molecule has 3 rings (SSSR count). The van der Waals surface area contributed by atoms with Crippen LogP contribution in [0.3, 0.4) is 0 Å². The van der Waals surface area contributed by atoms with Crippen molar-refractivity contribution in [2.45, 2.75) is 20.8 Å². The second-order valence-corrected chi connectivity index (χ2v) is 6.58. The molecule has 8 nitrogen and oxygen atoms in total. The molecule has 0 bridgehead atoms. The summed E-state index contributed by atoms with van der Waals surface area (Å²) in [5.41, 5.74) is 7.10. The van der Waals surface area contributed by atoms with Crippen molar-refractivity contribution in [1.29, 1.82) is 0 Å². The van der Waals surface area contributed by atoms with Gasteiger partial charge in [-0.05, 0) is 26.0 Å². The van der Waals surface area contributed by atoms with E-state index in [0.29, 0.717) is 22.7 Å². The molecule has 0 saturated carbocycles. The number of carbonyl (C=O) groups excluding carboxylic acids is 2. The number of hydrogen-bond donors (Lipinski definition) is 2. The van der Waals surface area contributed by atoms with Gasteiger partial charge in [-0.1, -0.05) is 19.1 Å². The minimum atomic E-state index is -0.315. The maximum absolute atomic E-state index is 12.6. The first-order valence-electron chi connectivity index (χ1n) is 8.60. The van der Waals surface area contributed by atoms with Crippen LogP contribution in [0.25, 0.3) is 0 Å². The summed E-state index contributed by atoms with van der Waals surface area (Å²) in [6.45, 7) is 8.40. The minimum absolute atomic E-state index is 0.315. The highest BCUT2D eigenvalue weighted by Gasteiger charge is 2.37. The molecular weight excluding hydrogens is 352 g/mol. The van der Waals surface area contributed by atoms with Crippen LogP contribution in [0.15, 0.2) is 41.3 Å². The third-order valence-electron chi connectivity index (χ3n) is 4.03. The molecule has 2 amide bonds. The summed E-state index contributed by atoms with van der Waals surface area (Å²) >= 11 is 1.03. The number of rotatable bonds is 6. The van der Waals surface area contributed by atoms with Crippen molar-refractivity contribution in [2.75, 3.05) is 19.6 Å². The Morgan fingerprint density at radius 1 is 1.12 bits per heavy atom. The lowest BCUT2D eigenvalue weighted by molar-refractivity contribution is 0.0777. The molecule has 0 unspecified atom stereocenters. The van der Waals surface area contributed by atoms with Crippen LogP contribution in [-0.2, 0) is 0 Å². The van der Waals surface area contributed by atoms with Crippen LogP contribution in [0, 0.1) is 0 Å². The van der Waals surface area contributed by atoms with E-state index in [1.165, 1.54) is 5.23 Å². The van der Waals surface area contributed by atoms with Gasteiger partial charge in [0.25, 0.3) is 11.8 Å². The van der Waals surface area contributed by atoms with Crippen LogP contribution in [0.4, 0.5) is 0 Å². The Morgan fingerprint density at radius 3 is 2.27 bits per heavy atom. The van der Waals surface area contributed by atoms with Gasteiger partial charge in [-0.25, -0.2) is 4.31 Å². The Kier molecular flexibility index (Phi) is 5.48. The predicted octanol–water partition coefficient (Wildman–Crippen LogP) is 1.77. The van der Waals surface area contributed by atoms with Gasteiger partial charge in [0.15, 0.2) is 0 Å². The quantitative estimate of drug-likeness (QED) is 0.580. The summed E-state index contributed by atoms with van der Waals surface area (Å²) in [6, 6.07) is 6.85. The highest BCUT2D eigenvalue weighted by molar-refractivity contribution is 8.13. The fourth-order valence-electron chi connectivity index (χ4n) is 2.75. The Balaban J connectivity index is 1.85. The molecule has 1 aromatic rings. The molecule has 0 aromatic heterocycles. The number of hydrazine groups is 2. The lowest BCUT2D eigenvalue weighted by Crippen LogP contribution is -2.50. The topological polar surface area (TPSA) is 80.3 Å². The average Bonchev–Trinajstić information content (AvgIpc) is 2.88. The SMILES string of the molecule is CCNN1N=C(SN2C(=O)c3ccccc3C2=O)C=C(N(CC)CC)N1. The van der Waals surface area contributed by atoms with Crippen molar-refractivity contribution in [3.63, 3.8) is 0 Å². The van der Waals surface area contributed by atoms with Gasteiger partial charge in [0.1, 0.15) is 10.9 Å². The fourth-order valence-corrected chi connectivity index (χ4v) is 3.58. The molecule has 1 aromatic carbocycles. The lowest BCUT2D eigenvalue weighted by atomic mass is 10.1. The predicted molar refractivity (Wildman–Crippen MR) is 102 cm³/mol. The van der Waals surface area contributed by atoms with Crippen LogP contribution < -0.4 is 10.9 Å². The first kappa shape index (κ1) is 18.3.